The summed E-state index contributed by atoms with van der Waals surface area (Å²) in [5, 5.41) is 20.2. The number of benzene rings is 1. The van der Waals surface area contributed by atoms with Gasteiger partial charge in [0.25, 0.3) is 5.69 Å². The van der Waals surface area contributed by atoms with Crippen molar-refractivity contribution in [1.29, 1.82) is 0 Å². The fraction of sp³-hybridized carbons (Fsp3) is 0.571. The largest absolute Gasteiger partial charge is 0.493 e. The quantitative estimate of drug-likeness (QED) is 0.638. The molecule has 1 N–H and O–H groups in total. The molecule has 1 aromatic rings. The third-order valence-corrected chi connectivity index (χ3v) is 3.48. The Kier molecular flexibility index (Phi) is 4.98. The van der Waals surface area contributed by atoms with Crippen LogP contribution in [0.15, 0.2) is 12.1 Å². The van der Waals surface area contributed by atoms with Crippen LogP contribution >= 0.6 is 0 Å². The average Bonchev–Trinajstić information content (AvgIpc) is 2.89. The SMILES string of the molecule is COc1cc(CO)c([N+](=O)[O-])cc1OCC1CCC(C)O1. The van der Waals surface area contributed by atoms with Crippen LogP contribution in [0, 0.1) is 10.1 Å². The molecule has 116 valence electrons. The maximum Gasteiger partial charge on any atom is 0.278 e. The maximum absolute atomic E-state index is 11.0. The molecule has 1 aliphatic rings. The summed E-state index contributed by atoms with van der Waals surface area (Å²) in [7, 11) is 1.45. The number of hydrogen-bond acceptors (Lipinski definition) is 6. The van der Waals surface area contributed by atoms with Crippen molar-refractivity contribution in [2.24, 2.45) is 0 Å². The van der Waals surface area contributed by atoms with Gasteiger partial charge in [-0.3, -0.25) is 10.1 Å². The van der Waals surface area contributed by atoms with E-state index in [-0.39, 0.29) is 29.2 Å². The van der Waals surface area contributed by atoms with E-state index in [1.54, 1.807) is 0 Å². The van der Waals surface area contributed by atoms with Gasteiger partial charge in [0.05, 0.1) is 42.5 Å². The molecule has 0 radical (unpaired) electrons. The van der Waals surface area contributed by atoms with Crippen LogP contribution in [0.25, 0.3) is 0 Å². The molecule has 0 amide bonds. The molecule has 1 aliphatic heterocycles. The lowest BCUT2D eigenvalue weighted by atomic mass is 10.1. The van der Waals surface area contributed by atoms with Crippen molar-refractivity contribution < 1.29 is 24.2 Å². The van der Waals surface area contributed by atoms with E-state index in [9.17, 15) is 15.2 Å². The highest BCUT2D eigenvalue weighted by Crippen LogP contribution is 2.35. The molecule has 1 heterocycles. The van der Waals surface area contributed by atoms with E-state index in [4.69, 9.17) is 14.2 Å². The molecule has 2 unspecified atom stereocenters. The molecular formula is C14H19NO6. The zero-order valence-electron chi connectivity index (χ0n) is 12.1. The zero-order valence-corrected chi connectivity index (χ0v) is 12.1. The smallest absolute Gasteiger partial charge is 0.278 e. The first-order chi connectivity index (χ1) is 10.0. The molecule has 0 saturated carbocycles. The Labute approximate surface area is 122 Å². The molecular weight excluding hydrogens is 278 g/mol. The number of nitrogens with zero attached hydrogens (tertiary/aromatic N) is 1. The second kappa shape index (κ2) is 6.73. The van der Waals surface area contributed by atoms with Crippen molar-refractivity contribution >= 4 is 5.69 Å². The number of aliphatic hydroxyl groups is 1. The summed E-state index contributed by atoms with van der Waals surface area (Å²) in [6.45, 7) is 1.88. The highest BCUT2D eigenvalue weighted by molar-refractivity contribution is 5.54. The van der Waals surface area contributed by atoms with E-state index >= 15 is 0 Å². The topological polar surface area (TPSA) is 91.1 Å². The highest BCUT2D eigenvalue weighted by Gasteiger charge is 2.24. The van der Waals surface area contributed by atoms with Crippen molar-refractivity contribution in [3.05, 3.63) is 27.8 Å². The number of nitro groups is 1. The molecule has 7 nitrogen and oxygen atoms in total. The predicted octanol–water partition coefficient (Wildman–Crippen LogP) is 2.04. The Balaban J connectivity index is 2.17. The van der Waals surface area contributed by atoms with Gasteiger partial charge in [0.1, 0.15) is 6.61 Å². The first-order valence-corrected chi connectivity index (χ1v) is 6.79. The summed E-state index contributed by atoms with van der Waals surface area (Å²) in [4.78, 5) is 10.5. The summed E-state index contributed by atoms with van der Waals surface area (Å²) in [5.41, 5.74) is 0.00365. The van der Waals surface area contributed by atoms with E-state index in [1.807, 2.05) is 6.92 Å². The van der Waals surface area contributed by atoms with Crippen LogP contribution in [0.4, 0.5) is 5.69 Å². The van der Waals surface area contributed by atoms with Crippen LogP contribution in [0.5, 0.6) is 11.5 Å². The lowest BCUT2D eigenvalue weighted by Crippen LogP contribution is -2.18. The van der Waals surface area contributed by atoms with Crippen LogP contribution < -0.4 is 9.47 Å². The fourth-order valence-electron chi connectivity index (χ4n) is 2.35. The average molecular weight is 297 g/mol. The predicted molar refractivity (Wildman–Crippen MR) is 74.6 cm³/mol. The number of methoxy groups -OCH3 is 1. The third kappa shape index (κ3) is 3.62. The molecule has 7 heteroatoms. The molecule has 21 heavy (non-hydrogen) atoms. The second-order valence-corrected chi connectivity index (χ2v) is 5.00. The minimum Gasteiger partial charge on any atom is -0.493 e. The van der Waals surface area contributed by atoms with Gasteiger partial charge >= 0.3 is 0 Å². The van der Waals surface area contributed by atoms with Gasteiger partial charge in [-0.1, -0.05) is 0 Å². The summed E-state index contributed by atoms with van der Waals surface area (Å²) in [6.07, 6.45) is 2.09. The number of ether oxygens (including phenoxy) is 3. The lowest BCUT2D eigenvalue weighted by Gasteiger charge is -2.15. The van der Waals surface area contributed by atoms with E-state index in [2.05, 4.69) is 0 Å². The normalized spacial score (nSPS) is 21.3. The van der Waals surface area contributed by atoms with Crippen molar-refractivity contribution in [2.45, 2.75) is 38.6 Å². The zero-order chi connectivity index (χ0) is 15.4. The van der Waals surface area contributed by atoms with Gasteiger partial charge in [-0.05, 0) is 25.8 Å². The van der Waals surface area contributed by atoms with Gasteiger partial charge in [0.2, 0.25) is 0 Å². The summed E-state index contributed by atoms with van der Waals surface area (Å²) < 4.78 is 16.4. The number of rotatable bonds is 6. The number of hydrogen-bond donors (Lipinski definition) is 1. The summed E-state index contributed by atoms with van der Waals surface area (Å²) in [6, 6.07) is 2.70. The van der Waals surface area contributed by atoms with E-state index in [0.717, 1.165) is 12.8 Å². The Morgan fingerprint density at radius 1 is 1.43 bits per heavy atom. The van der Waals surface area contributed by atoms with Crippen LogP contribution in [-0.4, -0.2) is 36.0 Å². The fourth-order valence-corrected chi connectivity index (χ4v) is 2.35. The van der Waals surface area contributed by atoms with Crippen molar-refractivity contribution in [3.8, 4) is 11.5 Å². The third-order valence-electron chi connectivity index (χ3n) is 3.48. The molecule has 1 saturated heterocycles. The molecule has 0 spiro atoms. The van der Waals surface area contributed by atoms with E-state index < -0.39 is 11.5 Å². The standard InChI is InChI=1S/C14H19NO6/c1-9-3-4-11(21-9)8-20-14-6-12(15(17)18)10(7-16)5-13(14)19-2/h5-6,9,11,16H,3-4,7-8H2,1-2H3. The molecule has 0 aromatic heterocycles. The van der Waals surface area contributed by atoms with Gasteiger partial charge in [-0.15, -0.1) is 0 Å². The van der Waals surface area contributed by atoms with E-state index in [1.165, 1.54) is 19.2 Å². The first-order valence-electron chi connectivity index (χ1n) is 6.79. The van der Waals surface area contributed by atoms with Gasteiger partial charge < -0.3 is 19.3 Å². The lowest BCUT2D eigenvalue weighted by molar-refractivity contribution is -0.386. The molecule has 0 bridgehead atoms. The van der Waals surface area contributed by atoms with Gasteiger partial charge in [0, 0.05) is 0 Å². The van der Waals surface area contributed by atoms with Crippen LogP contribution in [-0.2, 0) is 11.3 Å². The molecule has 0 aliphatic carbocycles. The van der Waals surface area contributed by atoms with Gasteiger partial charge in [0.15, 0.2) is 11.5 Å². The maximum atomic E-state index is 11.0. The Bertz CT molecular complexity index is 518. The van der Waals surface area contributed by atoms with Gasteiger partial charge in [-0.25, -0.2) is 0 Å². The van der Waals surface area contributed by atoms with Crippen molar-refractivity contribution in [2.75, 3.05) is 13.7 Å². The number of nitro benzene ring substituents is 1. The van der Waals surface area contributed by atoms with E-state index in [0.29, 0.717) is 12.4 Å². The second-order valence-electron chi connectivity index (χ2n) is 5.00. The van der Waals surface area contributed by atoms with Crippen LogP contribution in [0.2, 0.25) is 0 Å². The molecule has 1 aromatic carbocycles. The molecule has 2 rings (SSSR count). The van der Waals surface area contributed by atoms with Crippen LogP contribution in [0.1, 0.15) is 25.3 Å². The molecule has 1 fully saturated rings. The van der Waals surface area contributed by atoms with Crippen LogP contribution in [0.3, 0.4) is 0 Å². The first kappa shape index (κ1) is 15.5. The van der Waals surface area contributed by atoms with Gasteiger partial charge in [-0.2, -0.15) is 0 Å². The number of aliphatic hydroxyl groups excluding tert-OH is 1. The van der Waals surface area contributed by atoms with Crippen molar-refractivity contribution in [3.63, 3.8) is 0 Å². The Hall–Kier alpha value is -1.86. The Morgan fingerprint density at radius 2 is 2.19 bits per heavy atom. The molecule has 2 atom stereocenters. The minimum absolute atomic E-state index is 0.0127. The highest BCUT2D eigenvalue weighted by atomic mass is 16.6. The Morgan fingerprint density at radius 3 is 2.71 bits per heavy atom. The summed E-state index contributed by atoms with van der Waals surface area (Å²) >= 11 is 0. The monoisotopic (exact) mass is 297 g/mol. The van der Waals surface area contributed by atoms with Crippen molar-refractivity contribution in [1.82, 2.24) is 0 Å². The minimum atomic E-state index is -0.550. The summed E-state index contributed by atoms with van der Waals surface area (Å²) in [5.74, 6) is 0.639.